The Kier molecular flexibility index (Phi) is 5.47. The number of carbonyl (C=O) groups excluding carboxylic acids is 4. The van der Waals surface area contributed by atoms with Crippen molar-refractivity contribution in [1.29, 1.82) is 0 Å². The second-order valence-electron chi connectivity index (χ2n) is 7.10. The first-order valence-electron chi connectivity index (χ1n) is 9.57. The molecule has 1 aliphatic rings. The van der Waals surface area contributed by atoms with Crippen LogP contribution in [0.2, 0.25) is 0 Å². The first-order chi connectivity index (χ1) is 14.9. The van der Waals surface area contributed by atoms with Gasteiger partial charge in [-0.05, 0) is 13.3 Å². The third kappa shape index (κ3) is 3.89. The van der Waals surface area contributed by atoms with Crippen LogP contribution in [0.3, 0.4) is 0 Å². The van der Waals surface area contributed by atoms with Crippen molar-refractivity contribution < 1.29 is 19.2 Å². The molecule has 0 aliphatic carbocycles. The number of thiophene rings is 1. The van der Waals surface area contributed by atoms with E-state index in [2.05, 4.69) is 15.6 Å². The van der Waals surface area contributed by atoms with Crippen LogP contribution < -0.4 is 16.2 Å². The van der Waals surface area contributed by atoms with Crippen molar-refractivity contribution in [2.24, 2.45) is 0 Å². The van der Waals surface area contributed by atoms with Crippen LogP contribution in [-0.4, -0.2) is 33.1 Å². The maximum atomic E-state index is 13.0. The summed E-state index contributed by atoms with van der Waals surface area (Å²) >= 11 is 1.24. The Bertz CT molecular complexity index is 1280. The standard InChI is InChI=1S/C21H18N4O5S/c1-11-23-17-13(21(30)25(11)14-7-8-16(26)24-19(14)28)10-31-15(17)9-22-20(29)18(27)12-5-3-2-4-6-12/h2-6,10,14H,7-9H2,1H3,(H,22,29)(H,24,26,28). The molecule has 1 unspecified atom stereocenters. The van der Waals surface area contributed by atoms with Gasteiger partial charge in [0.25, 0.3) is 11.5 Å². The summed E-state index contributed by atoms with van der Waals surface area (Å²) in [6.07, 6.45) is 0.379. The minimum Gasteiger partial charge on any atom is -0.344 e. The quantitative estimate of drug-likeness (QED) is 0.351. The zero-order valence-electron chi connectivity index (χ0n) is 16.5. The molecule has 2 aromatic heterocycles. The fourth-order valence-electron chi connectivity index (χ4n) is 3.54. The van der Waals surface area contributed by atoms with Gasteiger partial charge in [0.15, 0.2) is 0 Å². The SMILES string of the molecule is Cc1nc2c(CNC(=O)C(=O)c3ccccc3)scc2c(=O)n1C1CCC(=O)NC1=O. The van der Waals surface area contributed by atoms with Crippen molar-refractivity contribution in [1.82, 2.24) is 20.2 Å². The molecular weight excluding hydrogens is 420 g/mol. The smallest absolute Gasteiger partial charge is 0.292 e. The second-order valence-corrected chi connectivity index (χ2v) is 8.06. The monoisotopic (exact) mass is 438 g/mol. The van der Waals surface area contributed by atoms with Gasteiger partial charge in [0.1, 0.15) is 11.9 Å². The number of amides is 3. The molecule has 4 rings (SSSR count). The molecule has 1 aliphatic heterocycles. The number of hydrogen-bond acceptors (Lipinski definition) is 7. The molecule has 1 fully saturated rings. The lowest BCUT2D eigenvalue weighted by atomic mass is 10.1. The van der Waals surface area contributed by atoms with E-state index >= 15 is 0 Å². The Morgan fingerprint density at radius 3 is 2.68 bits per heavy atom. The van der Waals surface area contributed by atoms with E-state index in [1.165, 1.54) is 15.9 Å². The van der Waals surface area contributed by atoms with E-state index in [0.717, 1.165) is 0 Å². The first kappa shape index (κ1) is 20.6. The molecule has 2 N–H and O–H groups in total. The second kappa shape index (κ2) is 8.23. The van der Waals surface area contributed by atoms with Gasteiger partial charge in [0, 0.05) is 17.4 Å². The van der Waals surface area contributed by atoms with E-state index in [9.17, 15) is 24.0 Å². The lowest BCUT2D eigenvalue weighted by Gasteiger charge is -2.24. The molecule has 1 saturated heterocycles. The number of imide groups is 1. The fourth-order valence-corrected chi connectivity index (χ4v) is 4.44. The van der Waals surface area contributed by atoms with Gasteiger partial charge < -0.3 is 5.32 Å². The van der Waals surface area contributed by atoms with Crippen LogP contribution in [0.25, 0.3) is 10.9 Å². The molecule has 1 aromatic carbocycles. The van der Waals surface area contributed by atoms with Gasteiger partial charge in [-0.15, -0.1) is 11.3 Å². The maximum absolute atomic E-state index is 13.0. The lowest BCUT2D eigenvalue weighted by Crippen LogP contribution is -2.45. The van der Waals surface area contributed by atoms with Crippen molar-refractivity contribution >= 4 is 45.7 Å². The average Bonchev–Trinajstić information content (AvgIpc) is 3.16. The highest BCUT2D eigenvalue weighted by molar-refractivity contribution is 7.11. The van der Waals surface area contributed by atoms with Crippen LogP contribution in [0.5, 0.6) is 0 Å². The number of benzene rings is 1. The predicted molar refractivity (Wildman–Crippen MR) is 113 cm³/mol. The number of rotatable bonds is 5. The van der Waals surface area contributed by atoms with Gasteiger partial charge in [-0.25, -0.2) is 4.98 Å². The molecule has 0 saturated carbocycles. The molecular formula is C21H18N4O5S. The number of Topliss-reactive ketones (excluding diaryl/α,β-unsaturated/α-hetero) is 1. The highest BCUT2D eigenvalue weighted by atomic mass is 32.1. The molecule has 3 amide bonds. The Hall–Kier alpha value is -3.66. The van der Waals surface area contributed by atoms with Gasteiger partial charge in [-0.3, -0.25) is 33.9 Å². The summed E-state index contributed by atoms with van der Waals surface area (Å²) in [4.78, 5) is 66.2. The van der Waals surface area contributed by atoms with Crippen LogP contribution >= 0.6 is 11.3 Å². The molecule has 1 atom stereocenters. The van der Waals surface area contributed by atoms with E-state index in [-0.39, 0.29) is 36.4 Å². The summed E-state index contributed by atoms with van der Waals surface area (Å²) in [7, 11) is 0. The predicted octanol–water partition coefficient (Wildman–Crippen LogP) is 1.24. The molecule has 0 bridgehead atoms. The highest BCUT2D eigenvalue weighted by Crippen LogP contribution is 2.25. The summed E-state index contributed by atoms with van der Waals surface area (Å²) in [5, 5.41) is 6.76. The zero-order valence-corrected chi connectivity index (χ0v) is 17.3. The van der Waals surface area contributed by atoms with Crippen LogP contribution in [-0.2, 0) is 20.9 Å². The number of hydrogen-bond donors (Lipinski definition) is 2. The topological polar surface area (TPSA) is 127 Å². The highest BCUT2D eigenvalue weighted by Gasteiger charge is 2.31. The van der Waals surface area contributed by atoms with E-state index < -0.39 is 23.6 Å². The molecule has 31 heavy (non-hydrogen) atoms. The molecule has 3 heterocycles. The number of aromatic nitrogens is 2. The molecule has 0 radical (unpaired) electrons. The Balaban J connectivity index is 1.58. The summed E-state index contributed by atoms with van der Waals surface area (Å²) in [5.41, 5.74) is 0.326. The fraction of sp³-hybridized carbons (Fsp3) is 0.238. The largest absolute Gasteiger partial charge is 0.344 e. The Morgan fingerprint density at radius 1 is 1.23 bits per heavy atom. The van der Waals surface area contributed by atoms with Crippen molar-refractivity contribution in [2.45, 2.75) is 32.4 Å². The van der Waals surface area contributed by atoms with Crippen molar-refractivity contribution in [3.8, 4) is 0 Å². The molecule has 3 aromatic rings. The van der Waals surface area contributed by atoms with Crippen LogP contribution in [0.4, 0.5) is 0 Å². The number of piperidine rings is 1. The first-order valence-corrected chi connectivity index (χ1v) is 10.4. The van der Waals surface area contributed by atoms with Crippen molar-refractivity contribution in [3.63, 3.8) is 0 Å². The van der Waals surface area contributed by atoms with Crippen LogP contribution in [0.1, 0.15) is 39.9 Å². The average molecular weight is 438 g/mol. The molecule has 10 heteroatoms. The summed E-state index contributed by atoms with van der Waals surface area (Å²) in [5.74, 6) is -1.95. The number of fused-ring (bicyclic) bond motifs is 1. The van der Waals surface area contributed by atoms with Gasteiger partial charge in [-0.2, -0.15) is 0 Å². The van der Waals surface area contributed by atoms with Crippen molar-refractivity contribution in [2.75, 3.05) is 0 Å². The summed E-state index contributed by atoms with van der Waals surface area (Å²) in [6, 6.07) is 7.42. The number of nitrogens with zero attached hydrogens (tertiary/aromatic N) is 2. The van der Waals surface area contributed by atoms with Gasteiger partial charge in [0.05, 0.1) is 22.3 Å². The normalized spacial score (nSPS) is 16.2. The van der Waals surface area contributed by atoms with E-state index in [1.54, 1.807) is 42.6 Å². The molecule has 0 spiro atoms. The molecule has 9 nitrogen and oxygen atoms in total. The minimum absolute atomic E-state index is 0.0416. The number of aryl methyl sites for hydroxylation is 1. The molecule has 158 valence electrons. The van der Waals surface area contributed by atoms with Gasteiger partial charge in [-0.1, -0.05) is 30.3 Å². The zero-order chi connectivity index (χ0) is 22.1. The van der Waals surface area contributed by atoms with Gasteiger partial charge >= 0.3 is 0 Å². The summed E-state index contributed by atoms with van der Waals surface area (Å²) < 4.78 is 1.30. The maximum Gasteiger partial charge on any atom is 0.292 e. The third-order valence-corrected chi connectivity index (χ3v) is 6.06. The Labute approximate surface area is 180 Å². The Morgan fingerprint density at radius 2 is 1.97 bits per heavy atom. The van der Waals surface area contributed by atoms with Crippen LogP contribution in [0, 0.1) is 6.92 Å². The van der Waals surface area contributed by atoms with E-state index in [0.29, 0.717) is 21.6 Å². The van der Waals surface area contributed by atoms with E-state index in [4.69, 9.17) is 0 Å². The lowest BCUT2D eigenvalue weighted by molar-refractivity contribution is -0.135. The number of nitrogens with one attached hydrogen (secondary N) is 2. The van der Waals surface area contributed by atoms with E-state index in [1.807, 2.05) is 0 Å². The number of carbonyl (C=O) groups is 4. The minimum atomic E-state index is -0.798. The third-order valence-electron chi connectivity index (χ3n) is 5.08. The number of ketones is 1. The van der Waals surface area contributed by atoms with Crippen LogP contribution in [0.15, 0.2) is 40.5 Å². The van der Waals surface area contributed by atoms with Gasteiger partial charge in [0.2, 0.25) is 17.6 Å². The van der Waals surface area contributed by atoms with Crippen molar-refractivity contribution in [3.05, 3.63) is 62.3 Å². The summed E-state index contributed by atoms with van der Waals surface area (Å²) in [6.45, 7) is 1.66.